The number of nitrogens with zero attached hydrogens (tertiary/aromatic N) is 2. The number of carbonyl (C=O) groups is 1. The molecule has 1 aromatic heterocycles. The Labute approximate surface area is 149 Å². The summed E-state index contributed by atoms with van der Waals surface area (Å²) in [5.41, 5.74) is 2.14. The summed E-state index contributed by atoms with van der Waals surface area (Å²) in [6.07, 6.45) is 2.03. The summed E-state index contributed by atoms with van der Waals surface area (Å²) in [5.74, 6) is 0.478. The number of nitriles is 1. The highest BCUT2D eigenvalue weighted by molar-refractivity contribution is 8.24. The maximum Gasteiger partial charge on any atom is 0.239 e. The molecule has 5 nitrogen and oxygen atoms in total. The van der Waals surface area contributed by atoms with E-state index in [1.165, 1.54) is 18.0 Å². The molecule has 122 valence electrons. The lowest BCUT2D eigenvalue weighted by Gasteiger charge is -2.14. The number of hydrogen-bond acceptors (Lipinski definition) is 6. The quantitative estimate of drug-likeness (QED) is 0.848. The number of amides is 1. The minimum atomic E-state index is -0.225. The number of rotatable bonds is 4. The second-order valence-corrected chi connectivity index (χ2v) is 7.60. The number of hydrogen-bond donors (Lipinski definition) is 1. The van der Waals surface area contributed by atoms with Gasteiger partial charge >= 0.3 is 0 Å². The van der Waals surface area contributed by atoms with Gasteiger partial charge in [0, 0.05) is 11.6 Å². The molecule has 1 fully saturated rings. The molecule has 1 aliphatic heterocycles. The number of thioether (sulfide) groups is 1. The predicted octanol–water partition coefficient (Wildman–Crippen LogP) is 2.95. The molecule has 0 spiro atoms. The number of benzene rings is 1. The second kappa shape index (κ2) is 6.75. The molecule has 1 aliphatic rings. The maximum atomic E-state index is 11.9. The highest BCUT2D eigenvalue weighted by Crippen LogP contribution is 2.31. The van der Waals surface area contributed by atoms with E-state index in [9.17, 15) is 10.1 Å². The second-order valence-electron chi connectivity index (χ2n) is 5.72. The maximum absolute atomic E-state index is 11.9. The van der Waals surface area contributed by atoms with Crippen LogP contribution < -0.4 is 10.1 Å². The van der Waals surface area contributed by atoms with Crippen molar-refractivity contribution in [1.82, 2.24) is 10.3 Å². The Morgan fingerprint density at radius 2 is 2.29 bits per heavy atom. The van der Waals surface area contributed by atoms with E-state index in [2.05, 4.69) is 16.4 Å². The fraction of sp³-hybridized carbons (Fsp3) is 0.294. The van der Waals surface area contributed by atoms with Gasteiger partial charge in [-0.2, -0.15) is 5.26 Å². The van der Waals surface area contributed by atoms with Gasteiger partial charge in [0.05, 0.1) is 16.9 Å². The van der Waals surface area contributed by atoms with Crippen molar-refractivity contribution in [2.24, 2.45) is 0 Å². The van der Waals surface area contributed by atoms with Crippen LogP contribution in [-0.2, 0) is 11.2 Å². The first-order chi connectivity index (χ1) is 11.5. The summed E-state index contributed by atoms with van der Waals surface area (Å²) >= 11 is 6.40. The molecule has 1 saturated heterocycles. The third kappa shape index (κ3) is 3.35. The zero-order valence-corrected chi connectivity index (χ0v) is 14.8. The fourth-order valence-corrected chi connectivity index (χ4v) is 3.84. The van der Waals surface area contributed by atoms with Gasteiger partial charge in [-0.15, -0.1) is 0 Å². The molecule has 7 heteroatoms. The number of nitrogens with one attached hydrogen (secondary N) is 1. The summed E-state index contributed by atoms with van der Waals surface area (Å²) < 4.78 is 6.36. The summed E-state index contributed by atoms with van der Waals surface area (Å²) in [4.78, 5) is 16.2. The molecule has 0 saturated carbocycles. The van der Waals surface area contributed by atoms with E-state index in [0.29, 0.717) is 22.1 Å². The number of ether oxygens (including phenoxy) is 1. The van der Waals surface area contributed by atoms with Gasteiger partial charge in [0.1, 0.15) is 21.7 Å². The summed E-state index contributed by atoms with van der Waals surface area (Å²) in [6.45, 7) is 3.83. The Kier molecular flexibility index (Phi) is 4.69. The minimum absolute atomic E-state index is 0.0557. The van der Waals surface area contributed by atoms with E-state index in [1.54, 1.807) is 0 Å². The number of thiocarbonyl (C=S) groups is 1. The molecule has 1 atom stereocenters. The molecule has 0 radical (unpaired) electrons. The van der Waals surface area contributed by atoms with Gasteiger partial charge in [-0.1, -0.05) is 30.0 Å². The van der Waals surface area contributed by atoms with Crippen LogP contribution in [0.3, 0.4) is 0 Å². The van der Waals surface area contributed by atoms with E-state index in [-0.39, 0.29) is 17.3 Å². The zero-order chi connectivity index (χ0) is 17.3. The predicted molar refractivity (Wildman–Crippen MR) is 98.0 cm³/mol. The van der Waals surface area contributed by atoms with Gasteiger partial charge in [0.25, 0.3) is 0 Å². The van der Waals surface area contributed by atoms with Crippen molar-refractivity contribution in [3.8, 4) is 11.8 Å². The van der Waals surface area contributed by atoms with E-state index in [4.69, 9.17) is 17.0 Å². The Bertz CT molecular complexity index is 874. The normalized spacial score (nSPS) is 17.2. The highest BCUT2D eigenvalue weighted by atomic mass is 32.2. The lowest BCUT2D eigenvalue weighted by molar-refractivity contribution is -0.118. The van der Waals surface area contributed by atoms with Crippen LogP contribution in [0.4, 0.5) is 0 Å². The van der Waals surface area contributed by atoms with Crippen molar-refractivity contribution in [3.63, 3.8) is 0 Å². The number of aromatic nitrogens is 1. The molecule has 3 rings (SSSR count). The molecular weight excluding hydrogens is 342 g/mol. The number of pyridine rings is 1. The first kappa shape index (κ1) is 16.7. The van der Waals surface area contributed by atoms with Crippen molar-refractivity contribution < 1.29 is 9.53 Å². The van der Waals surface area contributed by atoms with Crippen molar-refractivity contribution in [1.29, 1.82) is 5.26 Å². The van der Waals surface area contributed by atoms with Crippen LogP contribution in [0, 0.1) is 11.3 Å². The molecule has 1 unspecified atom stereocenters. The number of carbonyl (C=O) groups excluding carboxylic acids is 1. The van der Waals surface area contributed by atoms with E-state index >= 15 is 0 Å². The Morgan fingerprint density at radius 3 is 2.92 bits per heavy atom. The number of fused-ring (bicyclic) bond motifs is 1. The molecule has 24 heavy (non-hydrogen) atoms. The van der Waals surface area contributed by atoms with Crippen LogP contribution >= 0.6 is 24.0 Å². The standard InChI is InChI=1S/C17H15N3O2S2/c1-9(2)22-15-11(7-18)8-19-13-4-3-10(5-12(13)15)6-14-16(21)20-17(23)24-14/h3-5,8-9,14H,6H2,1-2H3,(H,20,21,23). The SMILES string of the molecule is CC(C)Oc1c(C#N)cnc2ccc(CC3SC(=S)NC3=O)cc12. The first-order valence-corrected chi connectivity index (χ1v) is 8.76. The summed E-state index contributed by atoms with van der Waals surface area (Å²) in [7, 11) is 0. The molecule has 1 N–H and O–H groups in total. The van der Waals surface area contributed by atoms with E-state index in [1.807, 2.05) is 32.0 Å². The zero-order valence-electron chi connectivity index (χ0n) is 13.2. The molecule has 2 heterocycles. The van der Waals surface area contributed by atoms with Gasteiger partial charge in [-0.25, -0.2) is 0 Å². The Balaban J connectivity index is 2.01. The molecule has 2 aromatic rings. The van der Waals surface area contributed by atoms with Crippen LogP contribution in [-0.4, -0.2) is 26.6 Å². The summed E-state index contributed by atoms with van der Waals surface area (Å²) in [5, 5.41) is 12.5. The van der Waals surface area contributed by atoms with Gasteiger partial charge in [0.15, 0.2) is 0 Å². The van der Waals surface area contributed by atoms with Gasteiger partial charge in [-0.3, -0.25) is 9.78 Å². The van der Waals surface area contributed by atoms with Crippen molar-refractivity contribution in [3.05, 3.63) is 35.5 Å². The van der Waals surface area contributed by atoms with Crippen molar-refractivity contribution >= 4 is 45.1 Å². The molecule has 0 aliphatic carbocycles. The van der Waals surface area contributed by atoms with Crippen LogP contribution in [0.2, 0.25) is 0 Å². The van der Waals surface area contributed by atoms with E-state index in [0.717, 1.165) is 16.5 Å². The van der Waals surface area contributed by atoms with E-state index < -0.39 is 0 Å². The van der Waals surface area contributed by atoms with Gasteiger partial charge in [-0.05, 0) is 38.0 Å². The monoisotopic (exact) mass is 357 g/mol. The largest absolute Gasteiger partial charge is 0.489 e. The smallest absolute Gasteiger partial charge is 0.239 e. The van der Waals surface area contributed by atoms with Crippen LogP contribution in [0.25, 0.3) is 10.9 Å². The average molecular weight is 357 g/mol. The summed E-state index contributed by atoms with van der Waals surface area (Å²) in [6, 6.07) is 7.89. The first-order valence-electron chi connectivity index (χ1n) is 7.48. The topological polar surface area (TPSA) is 75.0 Å². The lowest BCUT2D eigenvalue weighted by Crippen LogP contribution is -2.25. The van der Waals surface area contributed by atoms with Gasteiger partial charge in [0.2, 0.25) is 5.91 Å². The molecule has 0 bridgehead atoms. The molecule has 1 aromatic carbocycles. The van der Waals surface area contributed by atoms with Crippen LogP contribution in [0.5, 0.6) is 5.75 Å². The van der Waals surface area contributed by atoms with Crippen molar-refractivity contribution in [2.45, 2.75) is 31.6 Å². The fourth-order valence-electron chi connectivity index (χ4n) is 2.53. The Hall–Kier alpha value is -2.17. The minimum Gasteiger partial charge on any atom is -0.489 e. The molecule has 1 amide bonds. The Morgan fingerprint density at radius 1 is 1.50 bits per heavy atom. The highest BCUT2D eigenvalue weighted by Gasteiger charge is 2.29. The average Bonchev–Trinajstić information content (AvgIpc) is 2.85. The third-order valence-electron chi connectivity index (χ3n) is 3.55. The van der Waals surface area contributed by atoms with Crippen LogP contribution in [0.1, 0.15) is 25.0 Å². The lowest BCUT2D eigenvalue weighted by atomic mass is 10.0. The molecular formula is C17H15N3O2S2. The van der Waals surface area contributed by atoms with Gasteiger partial charge < -0.3 is 10.1 Å². The van der Waals surface area contributed by atoms with Crippen molar-refractivity contribution in [2.75, 3.05) is 0 Å². The third-order valence-corrected chi connectivity index (χ3v) is 4.92. The van der Waals surface area contributed by atoms with Crippen LogP contribution in [0.15, 0.2) is 24.4 Å².